The topological polar surface area (TPSA) is 23.8 Å². The third-order valence-electron chi connectivity index (χ3n) is 1.50. The van der Waals surface area contributed by atoms with Crippen LogP contribution in [-0.2, 0) is 26.7 Å². The molecule has 0 heterocycles. The molecule has 0 N–H and O–H groups in total. The molecular weight excluding hydrogens is 410 g/mol. The van der Waals surface area contributed by atoms with Crippen LogP contribution in [0.25, 0.3) is 0 Å². The second-order valence-corrected chi connectivity index (χ2v) is 14.1. The van der Waals surface area contributed by atoms with Gasteiger partial charge in [0.2, 0.25) is 0 Å². The molecule has 1 aromatic rings. The third kappa shape index (κ3) is 2.53. The molecule has 0 radical (unpaired) electrons. The summed E-state index contributed by atoms with van der Waals surface area (Å²) in [6, 6.07) is 8.78. The van der Waals surface area contributed by atoms with Gasteiger partial charge in [-0.1, -0.05) is 0 Å². The summed E-state index contributed by atoms with van der Waals surface area (Å²) in [6.45, 7) is 0. The van der Waals surface area contributed by atoms with Crippen LogP contribution in [0.1, 0.15) is 5.56 Å². The molecule has 1 unspecified atom stereocenters. The first-order valence-corrected chi connectivity index (χ1v) is 9.76. The molecule has 0 aliphatic carbocycles. The minimum absolute atomic E-state index is 0.577. The maximum atomic E-state index is 13.6. The Balaban J connectivity index is 2.91. The normalized spacial score (nSPS) is 14.1. The zero-order valence-electron chi connectivity index (χ0n) is 6.30. The van der Waals surface area contributed by atoms with Crippen molar-refractivity contribution in [2.45, 2.75) is 2.09 Å². The van der Waals surface area contributed by atoms with Crippen molar-refractivity contribution in [1.82, 2.24) is 0 Å². The summed E-state index contributed by atoms with van der Waals surface area (Å²) in [5, 5.41) is 8.44. The second-order valence-electron chi connectivity index (χ2n) is 2.41. The van der Waals surface area contributed by atoms with E-state index in [9.17, 15) is 4.39 Å². The van der Waals surface area contributed by atoms with Gasteiger partial charge in [-0.2, -0.15) is 0 Å². The standard InChI is InChI=1S/C7H5BrF.CN.Hg/c8-7(9)6-4-2-1-3-5-6;1-2;/h1-5H;;. The van der Waals surface area contributed by atoms with E-state index in [-0.39, 0.29) is 0 Å². The van der Waals surface area contributed by atoms with Crippen LogP contribution in [0.2, 0.25) is 0 Å². The first-order chi connectivity index (χ1) is 5.67. The van der Waals surface area contributed by atoms with E-state index in [1.54, 1.807) is 24.3 Å². The first-order valence-electron chi connectivity index (χ1n) is 3.47. The summed E-state index contributed by atoms with van der Waals surface area (Å²) in [4.78, 5) is 0. The molecule has 1 rings (SSSR count). The van der Waals surface area contributed by atoms with Crippen molar-refractivity contribution in [2.75, 3.05) is 0 Å². The molecule has 0 bridgehead atoms. The molecular formula is C8H5BrFHgN. The van der Waals surface area contributed by atoms with E-state index < -0.39 is 26.7 Å². The van der Waals surface area contributed by atoms with Gasteiger partial charge in [-0.25, -0.2) is 0 Å². The van der Waals surface area contributed by atoms with Gasteiger partial charge in [0.25, 0.3) is 0 Å². The van der Waals surface area contributed by atoms with Crippen LogP contribution < -0.4 is 0 Å². The Kier molecular flexibility index (Phi) is 3.66. The van der Waals surface area contributed by atoms with Gasteiger partial charge in [-0.15, -0.1) is 0 Å². The molecule has 1 nitrogen and oxygen atoms in total. The molecule has 0 aliphatic rings. The summed E-state index contributed by atoms with van der Waals surface area (Å²) in [7, 11) is 0. The Hall–Kier alpha value is 0.0551. The van der Waals surface area contributed by atoms with Crippen molar-refractivity contribution in [3.8, 4) is 3.58 Å². The van der Waals surface area contributed by atoms with Crippen molar-refractivity contribution < 1.29 is 29.0 Å². The Morgan fingerprint density at radius 3 is 2.50 bits per heavy atom. The van der Waals surface area contributed by atoms with E-state index in [0.29, 0.717) is 5.56 Å². The van der Waals surface area contributed by atoms with Gasteiger partial charge >= 0.3 is 91.7 Å². The Labute approximate surface area is 91.1 Å². The number of halogens is 2. The van der Waals surface area contributed by atoms with Gasteiger partial charge < -0.3 is 0 Å². The van der Waals surface area contributed by atoms with Crippen LogP contribution in [0.4, 0.5) is 4.39 Å². The SMILES string of the molecule is N#[C][Hg][C](F)(Br)c1ccccc1. The average molecular weight is 415 g/mol. The van der Waals surface area contributed by atoms with Gasteiger partial charge in [0, 0.05) is 0 Å². The van der Waals surface area contributed by atoms with Crippen LogP contribution in [-0.4, -0.2) is 0 Å². The van der Waals surface area contributed by atoms with Crippen molar-refractivity contribution in [1.29, 1.82) is 5.26 Å². The van der Waals surface area contributed by atoms with Gasteiger partial charge in [-0.05, 0) is 0 Å². The first kappa shape index (κ1) is 10.1. The number of benzene rings is 1. The zero-order valence-corrected chi connectivity index (χ0v) is 13.4. The summed E-state index contributed by atoms with van der Waals surface area (Å²) in [6.07, 6.45) is 0. The molecule has 58 valence electrons. The number of alkyl halides is 2. The summed E-state index contributed by atoms with van der Waals surface area (Å²) >= 11 is 0.841. The molecule has 4 heteroatoms. The Morgan fingerprint density at radius 1 is 1.42 bits per heavy atom. The van der Waals surface area contributed by atoms with Crippen molar-refractivity contribution in [3.63, 3.8) is 0 Å². The quantitative estimate of drug-likeness (QED) is 0.539. The number of nitrogens with zero attached hydrogens (tertiary/aromatic N) is 1. The predicted molar refractivity (Wildman–Crippen MR) is 43.8 cm³/mol. The second kappa shape index (κ2) is 4.34. The number of hydrogen-bond donors (Lipinski definition) is 0. The van der Waals surface area contributed by atoms with Gasteiger partial charge in [0.1, 0.15) is 0 Å². The molecule has 0 amide bonds. The summed E-state index contributed by atoms with van der Waals surface area (Å²) in [5.74, 6) is 0. The number of hydrogen-bond acceptors (Lipinski definition) is 1. The van der Waals surface area contributed by atoms with E-state index in [2.05, 4.69) is 15.9 Å². The van der Waals surface area contributed by atoms with Crippen molar-refractivity contribution in [3.05, 3.63) is 35.9 Å². The summed E-state index contributed by atoms with van der Waals surface area (Å²) < 4.78 is 14.1. The average Bonchev–Trinajstić information content (AvgIpc) is 2.06. The van der Waals surface area contributed by atoms with Gasteiger partial charge in [-0.3, -0.25) is 0 Å². The molecule has 0 aliphatic heterocycles. The monoisotopic (exact) mass is 415 g/mol. The summed E-state index contributed by atoms with van der Waals surface area (Å²) in [5.41, 5.74) is 0.577. The molecule has 0 spiro atoms. The maximum absolute atomic E-state index is 13.6. The van der Waals surface area contributed by atoms with E-state index in [1.165, 1.54) is 0 Å². The van der Waals surface area contributed by atoms with Gasteiger partial charge in [0.15, 0.2) is 0 Å². The molecule has 0 fully saturated rings. The fraction of sp³-hybridized carbons (Fsp3) is 0.125. The van der Waals surface area contributed by atoms with E-state index >= 15 is 0 Å². The van der Waals surface area contributed by atoms with Crippen LogP contribution >= 0.6 is 15.9 Å². The van der Waals surface area contributed by atoms with E-state index in [4.69, 9.17) is 5.26 Å². The molecule has 0 saturated heterocycles. The fourth-order valence-electron chi connectivity index (χ4n) is 0.883. The Morgan fingerprint density at radius 2 is 2.00 bits per heavy atom. The van der Waals surface area contributed by atoms with Crippen LogP contribution in [0.3, 0.4) is 0 Å². The van der Waals surface area contributed by atoms with E-state index in [1.807, 2.05) is 9.64 Å². The molecule has 1 atom stereocenters. The van der Waals surface area contributed by atoms with Crippen LogP contribution in [0, 0.1) is 8.84 Å². The predicted octanol–water partition coefficient (Wildman–Crippen LogP) is 2.72. The zero-order chi connectivity index (χ0) is 9.03. The third-order valence-corrected chi connectivity index (χ3v) is 8.34. The van der Waals surface area contributed by atoms with Gasteiger partial charge in [0.05, 0.1) is 0 Å². The van der Waals surface area contributed by atoms with Crippen LogP contribution in [0.15, 0.2) is 30.3 Å². The van der Waals surface area contributed by atoms with Crippen molar-refractivity contribution >= 4 is 15.9 Å². The molecule has 0 aromatic heterocycles. The molecule has 12 heavy (non-hydrogen) atoms. The number of nitriles is 1. The minimum atomic E-state index is -2.12. The Bertz CT molecular complexity index is 294. The number of rotatable bonds is 2. The molecule has 0 saturated carbocycles. The van der Waals surface area contributed by atoms with E-state index in [0.717, 1.165) is 0 Å². The fourth-order valence-corrected chi connectivity index (χ4v) is 4.73. The van der Waals surface area contributed by atoms with Crippen LogP contribution in [0.5, 0.6) is 0 Å². The van der Waals surface area contributed by atoms with Crippen molar-refractivity contribution in [2.24, 2.45) is 0 Å². The molecule has 1 aromatic carbocycles.